The van der Waals surface area contributed by atoms with Crippen molar-refractivity contribution in [1.29, 1.82) is 0 Å². The summed E-state index contributed by atoms with van der Waals surface area (Å²) in [6.45, 7) is 1.82. The van der Waals surface area contributed by atoms with Gasteiger partial charge in [0.15, 0.2) is 6.29 Å². The Bertz CT molecular complexity index is 848. The maximum Gasteiger partial charge on any atom is 0.152 e. The summed E-state index contributed by atoms with van der Waals surface area (Å²) in [5.74, 6) is 0. The van der Waals surface area contributed by atoms with E-state index in [-0.39, 0.29) is 0 Å². The van der Waals surface area contributed by atoms with Crippen LogP contribution in [-0.2, 0) is 6.54 Å². The first kappa shape index (κ1) is 12.2. The van der Waals surface area contributed by atoms with E-state index in [0.717, 1.165) is 47.1 Å². The summed E-state index contributed by atoms with van der Waals surface area (Å²) in [5.41, 5.74) is 5.30. The lowest BCUT2D eigenvalue weighted by atomic mass is 10.0. The zero-order chi connectivity index (χ0) is 14.4. The van der Waals surface area contributed by atoms with Gasteiger partial charge in [-0.05, 0) is 12.1 Å². The summed E-state index contributed by atoms with van der Waals surface area (Å²) in [4.78, 5) is 14.0. The number of hydrogen-bond acceptors (Lipinski definition) is 2. The molecule has 3 aromatic rings. The first-order chi connectivity index (χ1) is 10.3. The van der Waals surface area contributed by atoms with Crippen molar-refractivity contribution < 1.29 is 4.79 Å². The standard InChI is InChI=1S/C18H16N2O/c1-19-10-11-20-17-9-5-2-6-13(17)15(12-21)18(20)14-7-3-4-8-16(14)19/h2-9,12H,10-11H2,1H3. The van der Waals surface area contributed by atoms with Crippen LogP contribution >= 0.6 is 0 Å². The van der Waals surface area contributed by atoms with Crippen LogP contribution in [0.1, 0.15) is 10.4 Å². The second kappa shape index (κ2) is 4.48. The van der Waals surface area contributed by atoms with E-state index in [0.29, 0.717) is 0 Å². The molecule has 0 amide bonds. The van der Waals surface area contributed by atoms with Gasteiger partial charge in [0, 0.05) is 47.9 Å². The predicted octanol–water partition coefficient (Wildman–Crippen LogP) is 3.57. The van der Waals surface area contributed by atoms with Gasteiger partial charge in [-0.1, -0.05) is 36.4 Å². The van der Waals surface area contributed by atoms with Gasteiger partial charge >= 0.3 is 0 Å². The Morgan fingerprint density at radius 3 is 2.62 bits per heavy atom. The average Bonchev–Trinajstić information content (AvgIpc) is 2.78. The molecule has 2 aromatic carbocycles. The molecule has 0 saturated heterocycles. The van der Waals surface area contributed by atoms with Crippen molar-refractivity contribution in [2.45, 2.75) is 6.54 Å². The maximum absolute atomic E-state index is 11.7. The summed E-state index contributed by atoms with van der Waals surface area (Å²) >= 11 is 0. The number of carbonyl (C=O) groups is 1. The van der Waals surface area contributed by atoms with Gasteiger partial charge in [-0.3, -0.25) is 4.79 Å². The molecule has 0 radical (unpaired) electrons. The van der Waals surface area contributed by atoms with E-state index in [4.69, 9.17) is 0 Å². The highest BCUT2D eigenvalue weighted by Crippen LogP contribution is 2.39. The van der Waals surface area contributed by atoms with E-state index in [2.05, 4.69) is 34.7 Å². The van der Waals surface area contributed by atoms with Gasteiger partial charge in [-0.25, -0.2) is 0 Å². The number of para-hydroxylation sites is 2. The van der Waals surface area contributed by atoms with Crippen LogP contribution in [0.4, 0.5) is 5.69 Å². The van der Waals surface area contributed by atoms with Crippen molar-refractivity contribution in [3.05, 3.63) is 54.1 Å². The van der Waals surface area contributed by atoms with E-state index in [1.165, 1.54) is 5.69 Å². The molecule has 3 nitrogen and oxygen atoms in total. The first-order valence-corrected chi connectivity index (χ1v) is 7.18. The fourth-order valence-corrected chi connectivity index (χ4v) is 3.35. The van der Waals surface area contributed by atoms with Crippen molar-refractivity contribution in [2.24, 2.45) is 0 Å². The number of carbonyl (C=O) groups excluding carboxylic acids is 1. The van der Waals surface area contributed by atoms with E-state index in [1.54, 1.807) is 0 Å². The summed E-state index contributed by atoms with van der Waals surface area (Å²) in [7, 11) is 2.11. The number of anilines is 1. The molecule has 1 aliphatic heterocycles. The van der Waals surface area contributed by atoms with Crippen molar-refractivity contribution in [2.75, 3.05) is 18.5 Å². The number of aldehydes is 1. The number of hydrogen-bond donors (Lipinski definition) is 0. The molecule has 4 rings (SSSR count). The molecule has 104 valence electrons. The molecule has 0 unspecified atom stereocenters. The van der Waals surface area contributed by atoms with Gasteiger partial charge in [0.25, 0.3) is 0 Å². The molecule has 1 aliphatic rings. The number of fused-ring (bicyclic) bond motifs is 5. The lowest BCUT2D eigenvalue weighted by Gasteiger charge is -2.18. The minimum atomic E-state index is 0.799. The first-order valence-electron chi connectivity index (χ1n) is 7.18. The van der Waals surface area contributed by atoms with Gasteiger partial charge in [0.2, 0.25) is 0 Å². The molecule has 0 fully saturated rings. The zero-order valence-corrected chi connectivity index (χ0v) is 11.9. The van der Waals surface area contributed by atoms with Gasteiger partial charge in [0.1, 0.15) is 0 Å². The third-order valence-corrected chi connectivity index (χ3v) is 4.36. The fourth-order valence-electron chi connectivity index (χ4n) is 3.35. The Balaban J connectivity index is 2.17. The molecule has 0 N–H and O–H groups in total. The van der Waals surface area contributed by atoms with Crippen LogP contribution in [0.5, 0.6) is 0 Å². The highest BCUT2D eigenvalue weighted by Gasteiger charge is 2.23. The number of rotatable bonds is 1. The van der Waals surface area contributed by atoms with Crippen LogP contribution in [0.2, 0.25) is 0 Å². The van der Waals surface area contributed by atoms with Gasteiger partial charge in [-0.2, -0.15) is 0 Å². The SMILES string of the molecule is CN1CCn2c(c(C=O)c3ccccc32)-c2ccccc21. The Morgan fingerprint density at radius 1 is 1.00 bits per heavy atom. The highest BCUT2D eigenvalue weighted by atomic mass is 16.1. The summed E-state index contributed by atoms with van der Waals surface area (Å²) < 4.78 is 2.28. The molecular weight excluding hydrogens is 260 g/mol. The molecule has 3 heteroatoms. The number of aromatic nitrogens is 1. The number of nitrogens with zero attached hydrogens (tertiary/aromatic N) is 2. The highest BCUT2D eigenvalue weighted by molar-refractivity contribution is 6.06. The Labute approximate surface area is 123 Å². The summed E-state index contributed by atoms with van der Waals surface area (Å²) in [6, 6.07) is 16.5. The molecule has 21 heavy (non-hydrogen) atoms. The van der Waals surface area contributed by atoms with Gasteiger partial charge < -0.3 is 9.47 Å². The van der Waals surface area contributed by atoms with Crippen LogP contribution in [0, 0.1) is 0 Å². The number of likely N-dealkylation sites (N-methyl/N-ethyl adjacent to an activating group) is 1. The Kier molecular flexibility index (Phi) is 2.61. The lowest BCUT2D eigenvalue weighted by molar-refractivity contribution is 0.112. The Hall–Kier alpha value is -2.55. The van der Waals surface area contributed by atoms with Crippen LogP contribution < -0.4 is 4.90 Å². The van der Waals surface area contributed by atoms with Crippen molar-refractivity contribution in [3.8, 4) is 11.3 Å². The Morgan fingerprint density at radius 2 is 1.76 bits per heavy atom. The second-order valence-corrected chi connectivity index (χ2v) is 5.49. The normalized spacial score (nSPS) is 13.7. The van der Waals surface area contributed by atoms with Gasteiger partial charge in [-0.15, -0.1) is 0 Å². The van der Waals surface area contributed by atoms with Crippen molar-refractivity contribution >= 4 is 22.9 Å². The fraction of sp³-hybridized carbons (Fsp3) is 0.167. The molecule has 0 spiro atoms. The molecule has 1 aromatic heterocycles. The van der Waals surface area contributed by atoms with Crippen molar-refractivity contribution in [1.82, 2.24) is 4.57 Å². The molecule has 0 atom stereocenters. The van der Waals surface area contributed by atoms with E-state index < -0.39 is 0 Å². The minimum absolute atomic E-state index is 0.799. The molecule has 0 bridgehead atoms. The van der Waals surface area contributed by atoms with Crippen LogP contribution in [0.3, 0.4) is 0 Å². The topological polar surface area (TPSA) is 25.2 Å². The molecule has 2 heterocycles. The van der Waals surface area contributed by atoms with E-state index in [9.17, 15) is 4.79 Å². The molecular formula is C18H16N2O. The minimum Gasteiger partial charge on any atom is -0.372 e. The number of benzene rings is 2. The second-order valence-electron chi connectivity index (χ2n) is 5.49. The average molecular weight is 276 g/mol. The quantitative estimate of drug-likeness (QED) is 0.635. The zero-order valence-electron chi connectivity index (χ0n) is 11.9. The van der Waals surface area contributed by atoms with Gasteiger partial charge in [0.05, 0.1) is 5.69 Å². The van der Waals surface area contributed by atoms with E-state index in [1.807, 2.05) is 30.3 Å². The lowest BCUT2D eigenvalue weighted by Crippen LogP contribution is -2.20. The molecule has 0 aliphatic carbocycles. The largest absolute Gasteiger partial charge is 0.372 e. The van der Waals surface area contributed by atoms with Crippen LogP contribution in [0.15, 0.2) is 48.5 Å². The van der Waals surface area contributed by atoms with Crippen molar-refractivity contribution in [3.63, 3.8) is 0 Å². The maximum atomic E-state index is 11.7. The smallest absolute Gasteiger partial charge is 0.152 e. The van der Waals surface area contributed by atoms with E-state index >= 15 is 0 Å². The summed E-state index contributed by atoms with van der Waals surface area (Å²) in [6.07, 6.45) is 0.996. The monoisotopic (exact) mass is 276 g/mol. The molecule has 0 saturated carbocycles. The van der Waals surface area contributed by atoms with Crippen LogP contribution in [-0.4, -0.2) is 24.4 Å². The predicted molar refractivity (Wildman–Crippen MR) is 86.0 cm³/mol. The third kappa shape index (κ3) is 1.64. The van der Waals surface area contributed by atoms with Crippen LogP contribution in [0.25, 0.3) is 22.2 Å². The summed E-state index contributed by atoms with van der Waals surface area (Å²) in [5, 5.41) is 1.04. The third-order valence-electron chi connectivity index (χ3n) is 4.36.